The monoisotopic (exact) mass is 494 g/mol. The summed E-state index contributed by atoms with van der Waals surface area (Å²) in [4.78, 5) is 4.97. The smallest absolute Gasteiger partial charge is 0.178 e. The van der Waals surface area contributed by atoms with Crippen molar-refractivity contribution in [2.75, 3.05) is 39.8 Å². The Hall–Kier alpha value is -3.81. The number of hydrogen-bond donors (Lipinski definition) is 0. The number of nitrogens with zero attached hydrogens (tertiary/aromatic N) is 6. The summed E-state index contributed by atoms with van der Waals surface area (Å²) in [5.74, 6) is 1.65. The van der Waals surface area contributed by atoms with Gasteiger partial charge in [0.1, 0.15) is 11.8 Å². The Balaban J connectivity index is 1.42. The maximum absolute atomic E-state index is 5.80. The fraction of sp³-hybridized carbons (Fsp3) is 0.300. The van der Waals surface area contributed by atoms with Gasteiger partial charge in [0, 0.05) is 38.3 Å². The van der Waals surface area contributed by atoms with Crippen LogP contribution in [-0.2, 0) is 0 Å². The van der Waals surface area contributed by atoms with Crippen LogP contribution in [0.1, 0.15) is 34.1 Å². The van der Waals surface area contributed by atoms with Crippen molar-refractivity contribution in [3.05, 3.63) is 107 Å². The summed E-state index contributed by atoms with van der Waals surface area (Å²) >= 11 is 0. The third kappa shape index (κ3) is 5.48. The van der Waals surface area contributed by atoms with Crippen LogP contribution >= 0.6 is 0 Å². The SMILES string of the molecule is COc1ccccc1C(c1nnnn1-c1c(C)cccc1C)N1CCN(C/C=C/c2ccccc2)CC1. The van der Waals surface area contributed by atoms with Crippen molar-refractivity contribution in [1.29, 1.82) is 0 Å². The maximum Gasteiger partial charge on any atom is 0.178 e. The molecule has 1 aromatic heterocycles. The second kappa shape index (κ2) is 11.5. The van der Waals surface area contributed by atoms with Gasteiger partial charge in [0.2, 0.25) is 0 Å². The lowest BCUT2D eigenvalue weighted by atomic mass is 10.0. The first kappa shape index (κ1) is 24.9. The van der Waals surface area contributed by atoms with Gasteiger partial charge in [-0.1, -0.05) is 78.9 Å². The van der Waals surface area contributed by atoms with Gasteiger partial charge in [0.05, 0.1) is 12.8 Å². The van der Waals surface area contributed by atoms with E-state index in [-0.39, 0.29) is 6.04 Å². The van der Waals surface area contributed by atoms with Crippen LogP contribution in [0.25, 0.3) is 11.8 Å². The number of benzene rings is 3. The standard InChI is InChI=1S/C30H34N6O/c1-23-11-9-12-24(2)28(23)36-30(31-32-33-36)29(26-16-7-8-17-27(26)37-3)35-21-19-34(20-22-35)18-10-15-25-13-5-4-6-14-25/h4-17,29H,18-22H2,1-3H3/b15-10+. The Bertz CT molecular complexity index is 1320. The molecule has 0 radical (unpaired) electrons. The number of hydrogen-bond acceptors (Lipinski definition) is 6. The lowest BCUT2D eigenvalue weighted by Gasteiger charge is -2.39. The summed E-state index contributed by atoms with van der Waals surface area (Å²) in [6.45, 7) is 8.89. The van der Waals surface area contributed by atoms with E-state index < -0.39 is 0 Å². The second-order valence-electron chi connectivity index (χ2n) is 9.48. The van der Waals surface area contributed by atoms with Crippen molar-refractivity contribution in [2.45, 2.75) is 19.9 Å². The van der Waals surface area contributed by atoms with E-state index in [2.05, 4.69) is 106 Å². The molecule has 0 amide bonds. The maximum atomic E-state index is 5.80. The molecule has 1 aliphatic rings. The molecule has 1 aliphatic heterocycles. The summed E-state index contributed by atoms with van der Waals surface area (Å²) in [6.07, 6.45) is 4.45. The van der Waals surface area contributed by atoms with Crippen LogP contribution in [0.4, 0.5) is 0 Å². The zero-order valence-corrected chi connectivity index (χ0v) is 21.8. The zero-order chi connectivity index (χ0) is 25.6. The van der Waals surface area contributed by atoms with Gasteiger partial charge in [-0.2, -0.15) is 4.68 Å². The fourth-order valence-corrected chi connectivity index (χ4v) is 5.16. The minimum Gasteiger partial charge on any atom is -0.496 e. The predicted molar refractivity (Wildman–Crippen MR) is 147 cm³/mol. The topological polar surface area (TPSA) is 59.3 Å². The molecule has 4 aromatic rings. The van der Waals surface area contributed by atoms with Crippen molar-refractivity contribution < 1.29 is 4.74 Å². The van der Waals surface area contributed by atoms with Gasteiger partial charge in [-0.05, 0) is 47.0 Å². The molecule has 190 valence electrons. The molecule has 1 fully saturated rings. The van der Waals surface area contributed by atoms with E-state index in [4.69, 9.17) is 4.74 Å². The number of methoxy groups -OCH3 is 1. The molecule has 7 nitrogen and oxygen atoms in total. The molecule has 3 aromatic carbocycles. The predicted octanol–water partition coefficient (Wildman–Crippen LogP) is 4.71. The molecule has 37 heavy (non-hydrogen) atoms. The average Bonchev–Trinajstić information content (AvgIpc) is 3.39. The van der Waals surface area contributed by atoms with Crippen molar-refractivity contribution in [3.8, 4) is 11.4 Å². The molecule has 5 rings (SSSR count). The van der Waals surface area contributed by atoms with E-state index in [1.165, 1.54) is 5.56 Å². The van der Waals surface area contributed by atoms with Crippen LogP contribution in [0.5, 0.6) is 5.75 Å². The van der Waals surface area contributed by atoms with Gasteiger partial charge >= 0.3 is 0 Å². The summed E-state index contributed by atoms with van der Waals surface area (Å²) in [5.41, 5.74) is 5.62. The molecule has 1 saturated heterocycles. The number of aromatic nitrogens is 4. The lowest BCUT2D eigenvalue weighted by Crippen LogP contribution is -2.48. The molecule has 0 spiro atoms. The molecular formula is C30H34N6O. The van der Waals surface area contributed by atoms with Gasteiger partial charge < -0.3 is 4.74 Å². The largest absolute Gasteiger partial charge is 0.496 e. The molecule has 7 heteroatoms. The number of para-hydroxylation sites is 2. The molecule has 0 bridgehead atoms. The Morgan fingerprint density at radius 3 is 2.30 bits per heavy atom. The Kier molecular flexibility index (Phi) is 7.73. The highest BCUT2D eigenvalue weighted by Gasteiger charge is 2.33. The van der Waals surface area contributed by atoms with E-state index in [0.29, 0.717) is 0 Å². The normalized spacial score (nSPS) is 15.8. The Morgan fingerprint density at radius 1 is 0.865 bits per heavy atom. The van der Waals surface area contributed by atoms with Crippen molar-refractivity contribution >= 4 is 6.08 Å². The number of tetrazole rings is 1. The van der Waals surface area contributed by atoms with Gasteiger partial charge in [0.25, 0.3) is 0 Å². The lowest BCUT2D eigenvalue weighted by molar-refractivity contribution is 0.112. The highest BCUT2D eigenvalue weighted by Crippen LogP contribution is 2.35. The average molecular weight is 495 g/mol. The quantitative estimate of drug-likeness (QED) is 0.354. The highest BCUT2D eigenvalue weighted by molar-refractivity contribution is 5.49. The molecule has 2 heterocycles. The second-order valence-corrected chi connectivity index (χ2v) is 9.48. The minimum absolute atomic E-state index is 0.132. The molecule has 0 N–H and O–H groups in total. The minimum atomic E-state index is -0.132. The summed E-state index contributed by atoms with van der Waals surface area (Å²) in [7, 11) is 1.72. The van der Waals surface area contributed by atoms with E-state index in [9.17, 15) is 0 Å². The third-order valence-corrected chi connectivity index (χ3v) is 7.07. The van der Waals surface area contributed by atoms with Crippen LogP contribution in [0.3, 0.4) is 0 Å². The van der Waals surface area contributed by atoms with E-state index in [1.807, 2.05) is 22.9 Å². The van der Waals surface area contributed by atoms with Gasteiger partial charge in [0.15, 0.2) is 5.82 Å². The molecule has 1 atom stereocenters. The van der Waals surface area contributed by atoms with Gasteiger partial charge in [-0.3, -0.25) is 9.80 Å². The number of piperazine rings is 1. The van der Waals surface area contributed by atoms with Crippen LogP contribution in [0, 0.1) is 13.8 Å². The van der Waals surface area contributed by atoms with E-state index >= 15 is 0 Å². The van der Waals surface area contributed by atoms with Crippen LogP contribution in [-0.4, -0.2) is 69.8 Å². The van der Waals surface area contributed by atoms with Gasteiger partial charge in [-0.25, -0.2) is 0 Å². The summed E-state index contributed by atoms with van der Waals surface area (Å²) < 4.78 is 7.71. The first-order chi connectivity index (χ1) is 18.2. The summed E-state index contributed by atoms with van der Waals surface area (Å²) in [6, 6.07) is 24.8. The summed E-state index contributed by atoms with van der Waals surface area (Å²) in [5, 5.41) is 13.2. The van der Waals surface area contributed by atoms with Crippen LogP contribution in [0.2, 0.25) is 0 Å². The highest BCUT2D eigenvalue weighted by atomic mass is 16.5. The van der Waals surface area contributed by atoms with E-state index in [0.717, 1.165) is 66.7 Å². The number of ether oxygens (including phenoxy) is 1. The molecule has 0 saturated carbocycles. The molecule has 0 aliphatic carbocycles. The van der Waals surface area contributed by atoms with Crippen molar-refractivity contribution in [2.24, 2.45) is 0 Å². The van der Waals surface area contributed by atoms with E-state index in [1.54, 1.807) is 7.11 Å². The first-order valence-electron chi connectivity index (χ1n) is 12.8. The van der Waals surface area contributed by atoms with Crippen LogP contribution in [0.15, 0.2) is 78.9 Å². The third-order valence-electron chi connectivity index (χ3n) is 7.07. The van der Waals surface area contributed by atoms with Crippen LogP contribution < -0.4 is 4.74 Å². The molecular weight excluding hydrogens is 460 g/mol. The van der Waals surface area contributed by atoms with Crippen molar-refractivity contribution in [3.63, 3.8) is 0 Å². The zero-order valence-electron chi connectivity index (χ0n) is 21.8. The first-order valence-corrected chi connectivity index (χ1v) is 12.8. The Labute approximate surface area is 219 Å². The molecule has 1 unspecified atom stereocenters. The fourth-order valence-electron chi connectivity index (χ4n) is 5.16. The van der Waals surface area contributed by atoms with Crippen molar-refractivity contribution in [1.82, 2.24) is 30.0 Å². The number of aryl methyl sites for hydroxylation is 2. The number of rotatable bonds is 8. The van der Waals surface area contributed by atoms with Gasteiger partial charge in [-0.15, -0.1) is 5.10 Å². The Morgan fingerprint density at radius 2 is 1.57 bits per heavy atom.